The van der Waals surface area contributed by atoms with Gasteiger partial charge in [0, 0.05) is 12.7 Å². The van der Waals surface area contributed by atoms with Crippen LogP contribution in [-0.2, 0) is 6.54 Å². The highest BCUT2D eigenvalue weighted by Crippen LogP contribution is 2.48. The van der Waals surface area contributed by atoms with Gasteiger partial charge in [-0.15, -0.1) is 0 Å². The van der Waals surface area contributed by atoms with Gasteiger partial charge >= 0.3 is 0 Å². The Hall–Kier alpha value is -1.40. The van der Waals surface area contributed by atoms with Crippen molar-refractivity contribution in [3.8, 4) is 6.07 Å². The van der Waals surface area contributed by atoms with E-state index in [0.717, 1.165) is 36.4 Å². The lowest BCUT2D eigenvalue weighted by Gasteiger charge is -2.16. The molecule has 94 valence electrons. The van der Waals surface area contributed by atoms with Crippen molar-refractivity contribution in [3.63, 3.8) is 0 Å². The van der Waals surface area contributed by atoms with Crippen LogP contribution < -0.4 is 5.32 Å². The molecule has 1 aromatic rings. The first-order valence-corrected chi connectivity index (χ1v) is 6.92. The first kappa shape index (κ1) is 11.7. The van der Waals surface area contributed by atoms with E-state index in [9.17, 15) is 0 Å². The van der Waals surface area contributed by atoms with Crippen molar-refractivity contribution in [2.75, 3.05) is 6.54 Å². The van der Waals surface area contributed by atoms with Crippen LogP contribution in [-0.4, -0.2) is 11.5 Å². The van der Waals surface area contributed by atoms with Crippen LogP contribution in [0.1, 0.15) is 36.9 Å². The summed E-state index contributed by atoms with van der Waals surface area (Å²) in [7, 11) is 0. The number of nitrogens with one attached hydrogen (secondary N) is 1. The summed E-state index contributed by atoms with van der Waals surface area (Å²) in [5.74, 6) is 2.90. The van der Waals surface area contributed by atoms with Gasteiger partial charge in [-0.1, -0.05) is 0 Å². The second kappa shape index (κ2) is 5.07. The highest BCUT2D eigenvalue weighted by atomic mass is 14.9. The molecule has 2 aliphatic rings. The summed E-state index contributed by atoms with van der Waals surface area (Å²) in [6, 6.07) is 5.94. The molecule has 2 saturated carbocycles. The molecule has 3 rings (SSSR count). The minimum Gasteiger partial charge on any atom is -0.312 e. The highest BCUT2D eigenvalue weighted by molar-refractivity contribution is 5.25. The van der Waals surface area contributed by atoms with Crippen LogP contribution in [0.4, 0.5) is 0 Å². The van der Waals surface area contributed by atoms with Gasteiger partial charge in [0.05, 0.1) is 0 Å². The molecule has 0 aromatic carbocycles. The number of hydrogen-bond donors (Lipinski definition) is 1. The van der Waals surface area contributed by atoms with Crippen molar-refractivity contribution >= 4 is 0 Å². The minimum absolute atomic E-state index is 0.509. The normalized spacial score (nSPS) is 18.9. The summed E-state index contributed by atoms with van der Waals surface area (Å²) in [5, 5.41) is 12.4. The van der Waals surface area contributed by atoms with Crippen LogP contribution in [0, 0.1) is 29.1 Å². The lowest BCUT2D eigenvalue weighted by molar-refractivity contribution is 0.378. The van der Waals surface area contributed by atoms with Gasteiger partial charge in [-0.3, -0.25) is 0 Å². The van der Waals surface area contributed by atoms with E-state index in [4.69, 9.17) is 5.26 Å². The molecule has 1 aromatic heterocycles. The Morgan fingerprint density at radius 1 is 1.33 bits per heavy atom. The van der Waals surface area contributed by atoms with Gasteiger partial charge in [0.2, 0.25) is 0 Å². The maximum atomic E-state index is 8.80. The molecule has 1 heterocycles. The second-order valence-corrected chi connectivity index (χ2v) is 5.63. The predicted molar refractivity (Wildman–Crippen MR) is 69.6 cm³/mol. The summed E-state index contributed by atoms with van der Waals surface area (Å²) >= 11 is 0. The van der Waals surface area contributed by atoms with E-state index in [0.29, 0.717) is 5.69 Å². The van der Waals surface area contributed by atoms with Gasteiger partial charge < -0.3 is 5.32 Å². The fourth-order valence-corrected chi connectivity index (χ4v) is 2.80. The van der Waals surface area contributed by atoms with Gasteiger partial charge in [-0.2, -0.15) is 5.26 Å². The number of nitrogens with zero attached hydrogens (tertiary/aromatic N) is 2. The molecule has 2 aliphatic carbocycles. The lowest BCUT2D eigenvalue weighted by atomic mass is 9.98. The van der Waals surface area contributed by atoms with Gasteiger partial charge in [0.25, 0.3) is 0 Å². The van der Waals surface area contributed by atoms with E-state index in [2.05, 4.69) is 16.4 Å². The fraction of sp³-hybridized carbons (Fsp3) is 0.600. The van der Waals surface area contributed by atoms with Crippen molar-refractivity contribution in [3.05, 3.63) is 29.6 Å². The average molecular weight is 241 g/mol. The SMILES string of the molecule is N#Cc1cc(CNCC(C2CC2)C2CC2)ccn1. The topological polar surface area (TPSA) is 48.7 Å². The van der Waals surface area contributed by atoms with Crippen molar-refractivity contribution in [1.29, 1.82) is 5.26 Å². The number of pyridine rings is 1. The van der Waals surface area contributed by atoms with E-state index < -0.39 is 0 Å². The quantitative estimate of drug-likeness (QED) is 0.832. The molecule has 0 unspecified atom stereocenters. The van der Waals surface area contributed by atoms with Gasteiger partial charge in [0.1, 0.15) is 11.8 Å². The molecule has 3 heteroatoms. The molecule has 0 atom stereocenters. The molecule has 0 bridgehead atoms. The van der Waals surface area contributed by atoms with E-state index in [1.165, 1.54) is 25.7 Å². The lowest BCUT2D eigenvalue weighted by Crippen LogP contribution is -2.25. The molecule has 0 spiro atoms. The third kappa shape index (κ3) is 2.88. The Balaban J connectivity index is 1.49. The first-order valence-electron chi connectivity index (χ1n) is 6.92. The smallest absolute Gasteiger partial charge is 0.140 e. The van der Waals surface area contributed by atoms with Crippen LogP contribution >= 0.6 is 0 Å². The van der Waals surface area contributed by atoms with Crippen molar-refractivity contribution in [1.82, 2.24) is 10.3 Å². The maximum Gasteiger partial charge on any atom is 0.140 e. The molecular weight excluding hydrogens is 222 g/mol. The third-order valence-corrected chi connectivity index (χ3v) is 4.10. The maximum absolute atomic E-state index is 8.80. The number of nitriles is 1. The average Bonchev–Trinajstić information content (AvgIpc) is 3.28. The van der Waals surface area contributed by atoms with E-state index in [1.54, 1.807) is 6.20 Å². The van der Waals surface area contributed by atoms with Gasteiger partial charge in [-0.05, 0) is 67.7 Å². The van der Waals surface area contributed by atoms with Gasteiger partial charge in [-0.25, -0.2) is 4.98 Å². The zero-order valence-corrected chi connectivity index (χ0v) is 10.6. The molecule has 0 aliphatic heterocycles. The van der Waals surface area contributed by atoms with Crippen molar-refractivity contribution < 1.29 is 0 Å². The number of aromatic nitrogens is 1. The number of hydrogen-bond acceptors (Lipinski definition) is 3. The zero-order valence-electron chi connectivity index (χ0n) is 10.6. The molecule has 0 saturated heterocycles. The Morgan fingerprint density at radius 2 is 2.06 bits per heavy atom. The molecule has 2 fully saturated rings. The molecule has 3 nitrogen and oxygen atoms in total. The Kier molecular flexibility index (Phi) is 3.29. The van der Waals surface area contributed by atoms with Crippen LogP contribution in [0.3, 0.4) is 0 Å². The van der Waals surface area contributed by atoms with Gasteiger partial charge in [0.15, 0.2) is 0 Å². The van der Waals surface area contributed by atoms with E-state index in [-0.39, 0.29) is 0 Å². The number of rotatable bonds is 6. The largest absolute Gasteiger partial charge is 0.312 e. The van der Waals surface area contributed by atoms with Crippen LogP contribution in [0.5, 0.6) is 0 Å². The summed E-state index contributed by atoms with van der Waals surface area (Å²) in [5.41, 5.74) is 1.67. The molecule has 0 amide bonds. The third-order valence-electron chi connectivity index (χ3n) is 4.10. The zero-order chi connectivity index (χ0) is 12.4. The molecule has 1 N–H and O–H groups in total. The Labute approximate surface area is 108 Å². The van der Waals surface area contributed by atoms with E-state index in [1.807, 2.05) is 12.1 Å². The fourth-order valence-electron chi connectivity index (χ4n) is 2.80. The summed E-state index contributed by atoms with van der Waals surface area (Å²) in [4.78, 5) is 3.99. The first-order chi connectivity index (χ1) is 8.86. The van der Waals surface area contributed by atoms with Crippen molar-refractivity contribution in [2.24, 2.45) is 17.8 Å². The monoisotopic (exact) mass is 241 g/mol. The Morgan fingerprint density at radius 3 is 2.67 bits per heavy atom. The minimum atomic E-state index is 0.509. The van der Waals surface area contributed by atoms with Crippen molar-refractivity contribution in [2.45, 2.75) is 32.2 Å². The summed E-state index contributed by atoms with van der Waals surface area (Å²) in [6.07, 6.45) is 7.48. The predicted octanol–water partition coefficient (Wildman–Crippen LogP) is 2.48. The van der Waals surface area contributed by atoms with Crippen LogP contribution in [0.25, 0.3) is 0 Å². The van der Waals surface area contributed by atoms with E-state index >= 15 is 0 Å². The molecule has 18 heavy (non-hydrogen) atoms. The molecule has 0 radical (unpaired) electrons. The van der Waals surface area contributed by atoms with Crippen LogP contribution in [0.15, 0.2) is 18.3 Å². The molecular formula is C15H19N3. The standard InChI is InChI=1S/C15H19N3/c16-8-14-7-11(5-6-18-14)9-17-10-15(12-1-2-12)13-3-4-13/h5-7,12-13,15,17H,1-4,9-10H2. The highest BCUT2D eigenvalue weighted by Gasteiger charge is 2.40. The second-order valence-electron chi connectivity index (χ2n) is 5.63. The summed E-state index contributed by atoms with van der Waals surface area (Å²) < 4.78 is 0. The summed E-state index contributed by atoms with van der Waals surface area (Å²) in [6.45, 7) is 1.99. The Bertz CT molecular complexity index is 443. The van der Waals surface area contributed by atoms with Crippen LogP contribution in [0.2, 0.25) is 0 Å².